The summed E-state index contributed by atoms with van der Waals surface area (Å²) in [6, 6.07) is 23.4. The Kier molecular flexibility index (Phi) is 5.36. The van der Waals surface area contributed by atoms with Crippen molar-refractivity contribution in [2.75, 3.05) is 7.11 Å². The molecule has 0 bridgehead atoms. The molecule has 3 aromatic carbocycles. The van der Waals surface area contributed by atoms with Gasteiger partial charge in [0.05, 0.1) is 7.11 Å². The maximum absolute atomic E-state index is 5.46. The molecule has 0 unspecified atom stereocenters. The summed E-state index contributed by atoms with van der Waals surface area (Å²) in [7, 11) is 1.72. The highest BCUT2D eigenvalue weighted by atomic mass is 16.5. The van der Waals surface area contributed by atoms with Gasteiger partial charge in [0.2, 0.25) is 0 Å². The standard InChI is InChI=1S/C25H24N2O/c1-18-7-3-5-9-21(18)22-12-11-19(24-17-26-14-13-23(22)24)15-27-16-20-8-4-6-10-25(20)28-2/h3-14,17,27H,15-16H2,1-2H3/p+1. The van der Waals surface area contributed by atoms with Crippen molar-refractivity contribution < 1.29 is 10.1 Å². The molecule has 0 saturated heterocycles. The second kappa shape index (κ2) is 8.24. The number of aromatic nitrogens is 1. The fourth-order valence-corrected chi connectivity index (χ4v) is 3.79. The first-order valence-corrected chi connectivity index (χ1v) is 9.63. The number of hydrogen-bond acceptors (Lipinski definition) is 2. The molecule has 28 heavy (non-hydrogen) atoms. The van der Waals surface area contributed by atoms with Gasteiger partial charge in [0, 0.05) is 28.9 Å². The summed E-state index contributed by atoms with van der Waals surface area (Å²) in [6.45, 7) is 3.94. The largest absolute Gasteiger partial charge is 0.496 e. The Balaban J connectivity index is 1.62. The molecule has 140 valence electrons. The Labute approximate surface area is 166 Å². The minimum atomic E-state index is 0.880. The van der Waals surface area contributed by atoms with Crippen LogP contribution in [0.5, 0.6) is 5.75 Å². The van der Waals surface area contributed by atoms with Crippen molar-refractivity contribution >= 4 is 10.8 Å². The van der Waals surface area contributed by atoms with Crippen molar-refractivity contribution in [1.82, 2.24) is 4.98 Å². The third kappa shape index (κ3) is 3.62. The molecule has 0 aliphatic heterocycles. The summed E-state index contributed by atoms with van der Waals surface area (Å²) < 4.78 is 5.46. The van der Waals surface area contributed by atoms with Crippen LogP contribution in [0.1, 0.15) is 16.7 Å². The molecule has 0 saturated carbocycles. The highest BCUT2D eigenvalue weighted by Gasteiger charge is 2.11. The average Bonchev–Trinajstić information content (AvgIpc) is 2.75. The molecule has 0 amide bonds. The van der Waals surface area contributed by atoms with Crippen LogP contribution in [0.2, 0.25) is 0 Å². The van der Waals surface area contributed by atoms with Gasteiger partial charge in [-0.25, -0.2) is 0 Å². The molecule has 3 heteroatoms. The van der Waals surface area contributed by atoms with Crippen LogP contribution in [0.3, 0.4) is 0 Å². The Morgan fingerprint density at radius 3 is 2.43 bits per heavy atom. The highest BCUT2D eigenvalue weighted by Crippen LogP contribution is 2.32. The van der Waals surface area contributed by atoms with E-state index in [1.807, 2.05) is 24.5 Å². The normalized spacial score (nSPS) is 10.9. The van der Waals surface area contributed by atoms with Crippen LogP contribution >= 0.6 is 0 Å². The molecule has 0 aliphatic rings. The Bertz CT molecular complexity index is 1100. The predicted octanol–water partition coefficient (Wildman–Crippen LogP) is 4.48. The van der Waals surface area contributed by atoms with Gasteiger partial charge in [-0.1, -0.05) is 48.5 Å². The summed E-state index contributed by atoms with van der Waals surface area (Å²) in [6.07, 6.45) is 3.87. The Morgan fingerprint density at radius 2 is 1.57 bits per heavy atom. The van der Waals surface area contributed by atoms with Crippen LogP contribution in [0.15, 0.2) is 79.1 Å². The summed E-state index contributed by atoms with van der Waals surface area (Å²) in [5.74, 6) is 0.945. The maximum atomic E-state index is 5.46. The lowest BCUT2D eigenvalue weighted by Gasteiger charge is -2.13. The number of nitrogens with zero attached hydrogens (tertiary/aromatic N) is 1. The minimum Gasteiger partial charge on any atom is -0.496 e. The number of quaternary nitrogens is 1. The van der Waals surface area contributed by atoms with E-state index < -0.39 is 0 Å². The molecule has 2 N–H and O–H groups in total. The number of nitrogens with two attached hydrogens (primary N) is 1. The highest BCUT2D eigenvalue weighted by molar-refractivity contribution is 5.98. The predicted molar refractivity (Wildman–Crippen MR) is 114 cm³/mol. The van der Waals surface area contributed by atoms with Crippen molar-refractivity contribution in [2.24, 2.45) is 0 Å². The number of benzene rings is 3. The molecule has 0 spiro atoms. The van der Waals surface area contributed by atoms with Crippen molar-refractivity contribution in [3.05, 3.63) is 95.8 Å². The third-order valence-corrected chi connectivity index (χ3v) is 5.26. The quantitative estimate of drug-likeness (QED) is 0.544. The van der Waals surface area contributed by atoms with E-state index in [1.165, 1.54) is 38.6 Å². The van der Waals surface area contributed by atoms with Crippen LogP contribution in [0.25, 0.3) is 21.9 Å². The number of methoxy groups -OCH3 is 1. The van der Waals surface area contributed by atoms with Gasteiger partial charge in [0.15, 0.2) is 0 Å². The lowest BCUT2D eigenvalue weighted by molar-refractivity contribution is -0.686. The van der Waals surface area contributed by atoms with Crippen LogP contribution in [-0.4, -0.2) is 12.1 Å². The SMILES string of the molecule is COc1ccccc1C[NH2+]Cc1ccc(-c2ccccc2C)c2ccncc12. The van der Waals surface area contributed by atoms with E-state index in [0.29, 0.717) is 0 Å². The van der Waals surface area contributed by atoms with E-state index in [2.05, 4.69) is 71.8 Å². The molecule has 0 aliphatic carbocycles. The summed E-state index contributed by atoms with van der Waals surface area (Å²) in [5.41, 5.74) is 6.35. The van der Waals surface area contributed by atoms with E-state index in [1.54, 1.807) is 7.11 Å². The Hall–Kier alpha value is -3.17. The van der Waals surface area contributed by atoms with Gasteiger partial charge in [-0.15, -0.1) is 0 Å². The van der Waals surface area contributed by atoms with Gasteiger partial charge >= 0.3 is 0 Å². The van der Waals surface area contributed by atoms with Gasteiger partial charge in [0.1, 0.15) is 18.8 Å². The maximum Gasteiger partial charge on any atom is 0.127 e. The number of pyridine rings is 1. The molecule has 1 heterocycles. The fraction of sp³-hybridized carbons (Fsp3) is 0.160. The van der Waals surface area contributed by atoms with Gasteiger partial charge in [-0.05, 0) is 47.2 Å². The molecule has 4 aromatic rings. The topological polar surface area (TPSA) is 38.7 Å². The molecule has 4 rings (SSSR count). The third-order valence-electron chi connectivity index (χ3n) is 5.26. The first kappa shape index (κ1) is 18.2. The monoisotopic (exact) mass is 369 g/mol. The number of para-hydroxylation sites is 1. The van der Waals surface area contributed by atoms with Gasteiger partial charge in [-0.3, -0.25) is 4.98 Å². The fourth-order valence-electron chi connectivity index (χ4n) is 3.79. The van der Waals surface area contributed by atoms with Gasteiger partial charge in [0.25, 0.3) is 0 Å². The molecular formula is C25H25N2O+. The first-order chi connectivity index (χ1) is 13.8. The number of ether oxygens (including phenoxy) is 1. The van der Waals surface area contributed by atoms with E-state index in [-0.39, 0.29) is 0 Å². The van der Waals surface area contributed by atoms with E-state index >= 15 is 0 Å². The zero-order valence-corrected chi connectivity index (χ0v) is 16.4. The number of rotatable bonds is 6. The minimum absolute atomic E-state index is 0.880. The summed E-state index contributed by atoms with van der Waals surface area (Å²) >= 11 is 0. The van der Waals surface area contributed by atoms with Crippen molar-refractivity contribution in [3.63, 3.8) is 0 Å². The summed E-state index contributed by atoms with van der Waals surface area (Å²) in [4.78, 5) is 4.39. The molecule has 0 atom stereocenters. The molecular weight excluding hydrogens is 344 g/mol. The van der Waals surface area contributed by atoms with E-state index in [0.717, 1.165) is 18.8 Å². The van der Waals surface area contributed by atoms with Gasteiger partial charge in [-0.2, -0.15) is 0 Å². The Morgan fingerprint density at radius 1 is 0.786 bits per heavy atom. The van der Waals surface area contributed by atoms with Crippen molar-refractivity contribution in [2.45, 2.75) is 20.0 Å². The van der Waals surface area contributed by atoms with Crippen LogP contribution in [0, 0.1) is 6.92 Å². The zero-order valence-electron chi connectivity index (χ0n) is 16.4. The molecule has 3 nitrogen and oxygen atoms in total. The van der Waals surface area contributed by atoms with Crippen LogP contribution in [-0.2, 0) is 13.1 Å². The lowest BCUT2D eigenvalue weighted by Crippen LogP contribution is -2.80. The number of fused-ring (bicyclic) bond motifs is 1. The lowest BCUT2D eigenvalue weighted by atomic mass is 9.94. The van der Waals surface area contributed by atoms with Crippen LogP contribution < -0.4 is 10.1 Å². The van der Waals surface area contributed by atoms with Crippen molar-refractivity contribution in [3.8, 4) is 16.9 Å². The molecule has 0 fully saturated rings. The van der Waals surface area contributed by atoms with E-state index in [9.17, 15) is 0 Å². The smallest absolute Gasteiger partial charge is 0.127 e. The molecule has 0 radical (unpaired) electrons. The number of aryl methyl sites for hydroxylation is 1. The molecule has 1 aromatic heterocycles. The second-order valence-corrected chi connectivity index (χ2v) is 7.02. The second-order valence-electron chi connectivity index (χ2n) is 7.02. The van der Waals surface area contributed by atoms with E-state index in [4.69, 9.17) is 4.74 Å². The van der Waals surface area contributed by atoms with Crippen molar-refractivity contribution in [1.29, 1.82) is 0 Å². The van der Waals surface area contributed by atoms with Crippen LogP contribution in [0.4, 0.5) is 0 Å². The first-order valence-electron chi connectivity index (χ1n) is 9.63. The van der Waals surface area contributed by atoms with Gasteiger partial charge < -0.3 is 10.1 Å². The number of hydrogen-bond donors (Lipinski definition) is 1. The average molecular weight is 369 g/mol. The summed E-state index contributed by atoms with van der Waals surface area (Å²) in [5, 5.41) is 4.79. The zero-order chi connectivity index (χ0) is 19.3.